The van der Waals surface area contributed by atoms with Crippen LogP contribution in [0.25, 0.3) is 0 Å². The molecule has 7 nitrogen and oxygen atoms in total. The van der Waals surface area contributed by atoms with Gasteiger partial charge in [-0.2, -0.15) is 0 Å². The molecule has 1 aromatic heterocycles. The third-order valence-electron chi connectivity index (χ3n) is 6.46. The number of carbonyl (C=O) groups is 1. The minimum atomic E-state index is -0.0973. The molecule has 0 aliphatic carbocycles. The Labute approximate surface area is 187 Å². The maximum Gasteiger partial charge on any atom is 0.252 e. The van der Waals surface area contributed by atoms with Crippen LogP contribution in [0.1, 0.15) is 66.0 Å². The number of aromatic nitrogens is 2. The molecule has 2 aliphatic heterocycles. The van der Waals surface area contributed by atoms with Crippen molar-refractivity contribution in [2.45, 2.75) is 66.8 Å². The summed E-state index contributed by atoms with van der Waals surface area (Å²) in [4.78, 5) is 39.1. The zero-order chi connectivity index (χ0) is 22.6. The maximum atomic E-state index is 12.7. The van der Waals surface area contributed by atoms with Crippen molar-refractivity contribution < 1.29 is 4.79 Å². The van der Waals surface area contributed by atoms with E-state index in [-0.39, 0.29) is 16.9 Å². The van der Waals surface area contributed by atoms with Gasteiger partial charge >= 0.3 is 0 Å². The van der Waals surface area contributed by atoms with E-state index in [1.54, 1.807) is 6.07 Å². The number of amides is 1. The van der Waals surface area contributed by atoms with Crippen molar-refractivity contribution >= 4 is 11.9 Å². The Morgan fingerprint density at radius 1 is 1.16 bits per heavy atom. The molecule has 2 saturated heterocycles. The van der Waals surface area contributed by atoms with Gasteiger partial charge in [-0.15, -0.1) is 0 Å². The van der Waals surface area contributed by atoms with E-state index in [9.17, 15) is 9.59 Å². The molecular formula is C24H41N5O2. The maximum absolute atomic E-state index is 12.7. The van der Waals surface area contributed by atoms with Crippen LogP contribution in [0.4, 0.5) is 5.95 Å². The number of rotatable bonds is 6. The number of piperazine rings is 1. The number of anilines is 1. The molecule has 3 heterocycles. The van der Waals surface area contributed by atoms with Crippen LogP contribution in [0.5, 0.6) is 0 Å². The molecule has 0 bridgehead atoms. The number of aromatic amines is 1. The normalized spacial score (nSPS) is 20.2. The molecule has 31 heavy (non-hydrogen) atoms. The summed E-state index contributed by atoms with van der Waals surface area (Å²) >= 11 is 0. The molecule has 174 valence electrons. The molecule has 1 atom stereocenters. The second-order valence-electron chi connectivity index (χ2n) is 11.0. The molecule has 0 radical (unpaired) electrons. The molecule has 2 aliphatic rings. The first-order valence-electron chi connectivity index (χ1n) is 11.9. The summed E-state index contributed by atoms with van der Waals surface area (Å²) in [7, 11) is 0. The summed E-state index contributed by atoms with van der Waals surface area (Å²) in [5.41, 5.74) is 0.982. The van der Waals surface area contributed by atoms with Crippen LogP contribution >= 0.6 is 0 Å². The Morgan fingerprint density at radius 3 is 2.42 bits per heavy atom. The fraction of sp³-hybridized carbons (Fsp3) is 0.792. The van der Waals surface area contributed by atoms with E-state index in [4.69, 9.17) is 4.98 Å². The highest BCUT2D eigenvalue weighted by Gasteiger charge is 2.25. The van der Waals surface area contributed by atoms with Crippen LogP contribution in [-0.4, -0.2) is 64.9 Å². The van der Waals surface area contributed by atoms with Crippen molar-refractivity contribution in [1.82, 2.24) is 19.8 Å². The van der Waals surface area contributed by atoms with Crippen LogP contribution in [0.3, 0.4) is 0 Å². The van der Waals surface area contributed by atoms with Crippen LogP contribution in [0.2, 0.25) is 0 Å². The SMILES string of the molecule is CC1CCN(Cc2cc(=O)[nH]c(N3CCN(C(=O)CC(C)CC(C)(C)C)CC3)n2)CC1. The van der Waals surface area contributed by atoms with Crippen LogP contribution in [0, 0.1) is 17.3 Å². The number of hydrogen-bond acceptors (Lipinski definition) is 5. The standard InChI is InChI=1S/C24H41N5O2/c1-18-6-8-27(9-7-18)17-20-15-21(30)26-23(25-20)29-12-10-28(11-13-29)22(31)14-19(2)16-24(3,4)5/h15,18-19H,6-14,16-17H2,1-5H3,(H,25,26,30). The third kappa shape index (κ3) is 7.34. The second kappa shape index (κ2) is 10.2. The molecule has 0 saturated carbocycles. The predicted octanol–water partition coefficient (Wildman–Crippen LogP) is 3.11. The van der Waals surface area contributed by atoms with E-state index in [1.807, 2.05) is 4.90 Å². The lowest BCUT2D eigenvalue weighted by Gasteiger charge is -2.36. The number of carbonyl (C=O) groups excluding carboxylic acids is 1. The van der Waals surface area contributed by atoms with Gasteiger partial charge in [0.2, 0.25) is 11.9 Å². The number of nitrogens with one attached hydrogen (secondary N) is 1. The van der Waals surface area contributed by atoms with Gasteiger partial charge in [-0.1, -0.05) is 34.6 Å². The predicted molar refractivity (Wildman–Crippen MR) is 125 cm³/mol. The van der Waals surface area contributed by atoms with Gasteiger partial charge in [0.1, 0.15) is 0 Å². The van der Waals surface area contributed by atoms with E-state index in [1.165, 1.54) is 12.8 Å². The summed E-state index contributed by atoms with van der Waals surface area (Å²) in [5, 5.41) is 0. The van der Waals surface area contributed by atoms with Crippen molar-refractivity contribution in [3.63, 3.8) is 0 Å². The number of likely N-dealkylation sites (tertiary alicyclic amines) is 1. The molecule has 0 aromatic carbocycles. The van der Waals surface area contributed by atoms with Crippen molar-refractivity contribution in [2.24, 2.45) is 17.3 Å². The van der Waals surface area contributed by atoms with E-state index < -0.39 is 0 Å². The Kier molecular flexibility index (Phi) is 7.78. The quantitative estimate of drug-likeness (QED) is 0.749. The van der Waals surface area contributed by atoms with Crippen molar-refractivity contribution in [1.29, 1.82) is 0 Å². The van der Waals surface area contributed by atoms with Gasteiger partial charge in [0.15, 0.2) is 0 Å². The lowest BCUT2D eigenvalue weighted by atomic mass is 9.84. The summed E-state index contributed by atoms with van der Waals surface area (Å²) in [6.07, 6.45) is 4.07. The van der Waals surface area contributed by atoms with Crippen molar-refractivity contribution in [3.8, 4) is 0 Å². The highest BCUT2D eigenvalue weighted by Crippen LogP contribution is 2.26. The topological polar surface area (TPSA) is 72.5 Å². The lowest BCUT2D eigenvalue weighted by molar-refractivity contribution is -0.132. The zero-order valence-electron chi connectivity index (χ0n) is 20.1. The highest BCUT2D eigenvalue weighted by atomic mass is 16.2. The number of piperidine rings is 1. The summed E-state index contributed by atoms with van der Waals surface area (Å²) in [6.45, 7) is 16.8. The first-order chi connectivity index (χ1) is 14.6. The largest absolute Gasteiger partial charge is 0.339 e. The Balaban J connectivity index is 1.54. The fourth-order valence-corrected chi connectivity index (χ4v) is 4.89. The minimum absolute atomic E-state index is 0.0973. The average Bonchev–Trinajstić information content (AvgIpc) is 2.68. The number of hydrogen-bond donors (Lipinski definition) is 1. The smallest absolute Gasteiger partial charge is 0.252 e. The fourth-order valence-electron chi connectivity index (χ4n) is 4.89. The third-order valence-corrected chi connectivity index (χ3v) is 6.46. The molecule has 0 spiro atoms. The van der Waals surface area contributed by atoms with Crippen LogP contribution in [0.15, 0.2) is 10.9 Å². The van der Waals surface area contributed by atoms with Gasteiger partial charge in [0, 0.05) is 45.2 Å². The van der Waals surface area contributed by atoms with Gasteiger partial charge in [0.25, 0.3) is 5.56 Å². The first kappa shape index (κ1) is 23.8. The number of H-pyrrole nitrogens is 1. The summed E-state index contributed by atoms with van der Waals surface area (Å²) in [5.74, 6) is 2.06. The molecule has 7 heteroatoms. The zero-order valence-corrected chi connectivity index (χ0v) is 20.1. The lowest BCUT2D eigenvalue weighted by Crippen LogP contribution is -2.50. The van der Waals surface area contributed by atoms with Gasteiger partial charge in [0.05, 0.1) is 5.69 Å². The molecular weight excluding hydrogens is 390 g/mol. The molecule has 1 unspecified atom stereocenters. The average molecular weight is 432 g/mol. The molecule has 1 N–H and O–H groups in total. The van der Waals surface area contributed by atoms with E-state index in [0.717, 1.165) is 37.7 Å². The summed E-state index contributed by atoms with van der Waals surface area (Å²) in [6, 6.07) is 1.62. The molecule has 1 amide bonds. The van der Waals surface area contributed by atoms with E-state index in [0.29, 0.717) is 44.5 Å². The van der Waals surface area contributed by atoms with Crippen molar-refractivity contribution in [2.75, 3.05) is 44.2 Å². The van der Waals surface area contributed by atoms with Gasteiger partial charge in [-0.05, 0) is 49.6 Å². The van der Waals surface area contributed by atoms with Crippen LogP contribution in [-0.2, 0) is 11.3 Å². The van der Waals surface area contributed by atoms with Gasteiger partial charge in [-0.25, -0.2) is 4.98 Å². The van der Waals surface area contributed by atoms with Gasteiger partial charge < -0.3 is 9.80 Å². The number of nitrogens with zero attached hydrogens (tertiary/aromatic N) is 4. The van der Waals surface area contributed by atoms with E-state index in [2.05, 4.69) is 49.4 Å². The first-order valence-corrected chi connectivity index (χ1v) is 11.9. The van der Waals surface area contributed by atoms with Crippen LogP contribution < -0.4 is 10.5 Å². The molecule has 3 rings (SSSR count). The highest BCUT2D eigenvalue weighted by molar-refractivity contribution is 5.76. The van der Waals surface area contributed by atoms with E-state index >= 15 is 0 Å². The Hall–Kier alpha value is -1.89. The minimum Gasteiger partial charge on any atom is -0.339 e. The summed E-state index contributed by atoms with van der Waals surface area (Å²) < 4.78 is 0. The Bertz CT molecular complexity index is 784. The van der Waals surface area contributed by atoms with Crippen molar-refractivity contribution in [3.05, 3.63) is 22.1 Å². The monoisotopic (exact) mass is 431 g/mol. The molecule has 1 aromatic rings. The van der Waals surface area contributed by atoms with Gasteiger partial charge in [-0.3, -0.25) is 19.5 Å². The molecule has 2 fully saturated rings. The second-order valence-corrected chi connectivity index (χ2v) is 11.0. The Morgan fingerprint density at radius 2 is 1.81 bits per heavy atom.